The van der Waals surface area contributed by atoms with Gasteiger partial charge in [-0.05, 0) is 41.8 Å². The second-order valence-corrected chi connectivity index (χ2v) is 7.90. The first-order valence-electron chi connectivity index (χ1n) is 9.87. The minimum atomic E-state index is 0.363. The maximum Gasteiger partial charge on any atom is 0.137 e. The fourth-order valence-corrected chi connectivity index (χ4v) is 4.27. The Morgan fingerprint density at radius 3 is 2.93 bits per heavy atom. The van der Waals surface area contributed by atoms with Crippen LogP contribution in [0.5, 0.6) is 0 Å². The summed E-state index contributed by atoms with van der Waals surface area (Å²) < 4.78 is 0. The van der Waals surface area contributed by atoms with Crippen LogP contribution >= 0.6 is 11.6 Å². The summed E-state index contributed by atoms with van der Waals surface area (Å²) in [7, 11) is 0. The van der Waals surface area contributed by atoms with Gasteiger partial charge in [0.25, 0.3) is 0 Å². The Morgan fingerprint density at radius 1 is 1.14 bits per heavy atom. The molecule has 0 amide bonds. The predicted octanol–water partition coefficient (Wildman–Crippen LogP) is 4.96. The molecule has 3 aromatic heterocycles. The molecule has 1 unspecified atom stereocenters. The molecule has 0 bridgehead atoms. The highest BCUT2D eigenvalue weighted by Gasteiger charge is 2.23. The number of rotatable bonds is 5. The van der Waals surface area contributed by atoms with Crippen molar-refractivity contribution in [2.45, 2.75) is 19.0 Å². The van der Waals surface area contributed by atoms with Crippen LogP contribution in [0.15, 0.2) is 67.0 Å². The molecule has 1 aliphatic rings. The molecule has 1 fully saturated rings. The minimum Gasteiger partial charge on any atom is -0.366 e. The Labute approximate surface area is 174 Å². The Kier molecular flexibility index (Phi) is 4.92. The van der Waals surface area contributed by atoms with Crippen LogP contribution < -0.4 is 5.32 Å². The van der Waals surface area contributed by atoms with Gasteiger partial charge in [0.2, 0.25) is 0 Å². The average Bonchev–Trinajstić information content (AvgIpc) is 3.35. The third kappa shape index (κ3) is 3.97. The second-order valence-electron chi connectivity index (χ2n) is 7.52. The van der Waals surface area contributed by atoms with Crippen molar-refractivity contribution >= 4 is 28.5 Å². The lowest BCUT2D eigenvalue weighted by Gasteiger charge is -2.17. The van der Waals surface area contributed by atoms with Crippen LogP contribution in [0.2, 0.25) is 5.15 Å². The van der Waals surface area contributed by atoms with Crippen LogP contribution in [0, 0.1) is 0 Å². The van der Waals surface area contributed by atoms with E-state index < -0.39 is 0 Å². The topological polar surface area (TPSA) is 56.8 Å². The zero-order chi connectivity index (χ0) is 19.6. The molecular weight excluding hydrogens is 382 g/mol. The number of halogens is 1. The van der Waals surface area contributed by atoms with Crippen LogP contribution in [0.3, 0.4) is 0 Å². The van der Waals surface area contributed by atoms with E-state index in [-0.39, 0.29) is 0 Å². The fraction of sp³-hybridized carbons (Fsp3) is 0.217. The number of aromatic nitrogens is 3. The predicted molar refractivity (Wildman–Crippen MR) is 118 cm³/mol. The van der Waals surface area contributed by atoms with Gasteiger partial charge in [-0.1, -0.05) is 41.9 Å². The van der Waals surface area contributed by atoms with Gasteiger partial charge < -0.3 is 10.3 Å². The van der Waals surface area contributed by atoms with Crippen LogP contribution in [0.4, 0.5) is 5.82 Å². The molecule has 5 rings (SSSR count). The molecule has 1 saturated heterocycles. The normalized spacial score (nSPS) is 17.1. The number of H-pyrrole nitrogens is 1. The zero-order valence-electron chi connectivity index (χ0n) is 16.0. The molecule has 0 radical (unpaired) electrons. The first-order chi connectivity index (χ1) is 14.2. The lowest BCUT2D eigenvalue weighted by atomic mass is 10.1. The van der Waals surface area contributed by atoms with E-state index in [0.717, 1.165) is 54.0 Å². The van der Waals surface area contributed by atoms with Crippen molar-refractivity contribution in [3.8, 4) is 11.1 Å². The highest BCUT2D eigenvalue weighted by molar-refractivity contribution is 6.29. The summed E-state index contributed by atoms with van der Waals surface area (Å²) in [5, 5.41) is 5.15. The lowest BCUT2D eigenvalue weighted by molar-refractivity contribution is 0.328. The molecule has 4 aromatic rings. The number of likely N-dealkylation sites (tertiary alicyclic amines) is 1. The highest BCUT2D eigenvalue weighted by atomic mass is 35.5. The molecule has 5 nitrogen and oxygen atoms in total. The van der Waals surface area contributed by atoms with E-state index in [2.05, 4.69) is 67.6 Å². The molecule has 2 N–H and O–H groups in total. The number of pyridine rings is 2. The standard InChI is InChI=1S/C23H22ClN5/c24-21-11-17(20-13-26-23-19(20)7-4-9-25-23)12-22(28-21)27-18-8-10-29(15-18)14-16-5-2-1-3-6-16/h1-7,9,11-13,18H,8,10,14-15H2,(H,25,26)(H,27,28). The molecular formula is C23H22ClN5. The maximum atomic E-state index is 6.35. The summed E-state index contributed by atoms with van der Waals surface area (Å²) in [6, 6.07) is 19.0. The van der Waals surface area contributed by atoms with Gasteiger partial charge in [-0.25, -0.2) is 9.97 Å². The van der Waals surface area contributed by atoms with E-state index >= 15 is 0 Å². The fourth-order valence-electron chi connectivity index (χ4n) is 4.07. The number of aromatic amines is 1. The molecule has 1 aliphatic heterocycles. The second kappa shape index (κ2) is 7.85. The van der Waals surface area contributed by atoms with Gasteiger partial charge >= 0.3 is 0 Å². The average molecular weight is 404 g/mol. The molecule has 4 heterocycles. The van der Waals surface area contributed by atoms with Gasteiger partial charge in [-0.2, -0.15) is 0 Å². The van der Waals surface area contributed by atoms with E-state index in [9.17, 15) is 0 Å². The van der Waals surface area contributed by atoms with E-state index in [0.29, 0.717) is 11.2 Å². The number of nitrogens with zero attached hydrogens (tertiary/aromatic N) is 3. The number of hydrogen-bond acceptors (Lipinski definition) is 4. The third-order valence-electron chi connectivity index (χ3n) is 5.43. The summed E-state index contributed by atoms with van der Waals surface area (Å²) in [5.74, 6) is 0.817. The van der Waals surface area contributed by atoms with Crippen LogP contribution in [0.25, 0.3) is 22.2 Å². The molecule has 29 heavy (non-hydrogen) atoms. The summed E-state index contributed by atoms with van der Waals surface area (Å²) in [4.78, 5) is 14.6. The number of hydrogen-bond donors (Lipinski definition) is 2. The van der Waals surface area contributed by atoms with Crippen LogP contribution in [-0.2, 0) is 6.54 Å². The van der Waals surface area contributed by atoms with E-state index in [1.54, 1.807) is 6.20 Å². The maximum absolute atomic E-state index is 6.35. The van der Waals surface area contributed by atoms with Gasteiger partial charge in [0.15, 0.2) is 0 Å². The Balaban J connectivity index is 1.32. The molecule has 146 valence electrons. The Hall–Kier alpha value is -2.89. The first-order valence-corrected chi connectivity index (χ1v) is 10.3. The molecule has 0 saturated carbocycles. The number of fused-ring (bicyclic) bond motifs is 1. The van der Waals surface area contributed by atoms with Gasteiger partial charge in [-0.15, -0.1) is 0 Å². The monoisotopic (exact) mass is 403 g/mol. The quantitative estimate of drug-likeness (QED) is 0.462. The number of nitrogens with one attached hydrogen (secondary N) is 2. The van der Waals surface area contributed by atoms with Gasteiger partial charge in [0.1, 0.15) is 16.6 Å². The lowest BCUT2D eigenvalue weighted by Crippen LogP contribution is -2.26. The van der Waals surface area contributed by atoms with Crippen LogP contribution in [0.1, 0.15) is 12.0 Å². The molecule has 0 spiro atoms. The van der Waals surface area contributed by atoms with Gasteiger partial charge in [0.05, 0.1) is 0 Å². The van der Waals surface area contributed by atoms with Gasteiger partial charge in [0, 0.05) is 49.0 Å². The van der Waals surface area contributed by atoms with Crippen molar-refractivity contribution < 1.29 is 0 Å². The number of anilines is 1. The largest absolute Gasteiger partial charge is 0.366 e. The van der Waals surface area contributed by atoms with Crippen LogP contribution in [-0.4, -0.2) is 39.0 Å². The van der Waals surface area contributed by atoms with Crippen molar-refractivity contribution in [2.24, 2.45) is 0 Å². The van der Waals surface area contributed by atoms with E-state index in [1.165, 1.54) is 5.56 Å². The van der Waals surface area contributed by atoms with E-state index in [4.69, 9.17) is 11.6 Å². The van der Waals surface area contributed by atoms with Gasteiger partial charge in [-0.3, -0.25) is 4.90 Å². The Morgan fingerprint density at radius 2 is 2.03 bits per heavy atom. The Bertz CT molecular complexity index is 1120. The van der Waals surface area contributed by atoms with Crippen molar-refractivity contribution in [2.75, 3.05) is 18.4 Å². The summed E-state index contributed by atoms with van der Waals surface area (Å²) in [5.41, 5.74) is 4.34. The molecule has 0 aliphatic carbocycles. The molecule has 6 heteroatoms. The third-order valence-corrected chi connectivity index (χ3v) is 5.62. The molecule has 1 aromatic carbocycles. The first kappa shape index (κ1) is 18.2. The van der Waals surface area contributed by atoms with Crippen molar-refractivity contribution in [3.63, 3.8) is 0 Å². The number of benzene rings is 1. The van der Waals surface area contributed by atoms with Crippen molar-refractivity contribution in [1.82, 2.24) is 19.9 Å². The van der Waals surface area contributed by atoms with E-state index in [1.807, 2.05) is 18.3 Å². The van der Waals surface area contributed by atoms with Crippen molar-refractivity contribution in [1.29, 1.82) is 0 Å². The molecule has 1 atom stereocenters. The van der Waals surface area contributed by atoms with Crippen molar-refractivity contribution in [3.05, 3.63) is 77.7 Å². The zero-order valence-corrected chi connectivity index (χ0v) is 16.7. The summed E-state index contributed by atoms with van der Waals surface area (Å²) in [6.07, 6.45) is 4.86. The SMILES string of the molecule is Clc1cc(-c2c[nH]c3ncccc23)cc(NC2CCN(Cc3ccccc3)C2)n1. The smallest absolute Gasteiger partial charge is 0.137 e. The summed E-state index contributed by atoms with van der Waals surface area (Å²) >= 11 is 6.35. The highest BCUT2D eigenvalue weighted by Crippen LogP contribution is 2.31. The summed E-state index contributed by atoms with van der Waals surface area (Å²) in [6.45, 7) is 3.05. The minimum absolute atomic E-state index is 0.363.